The van der Waals surface area contributed by atoms with Crippen LogP contribution in [0.3, 0.4) is 0 Å². The number of aryl methyl sites for hydroxylation is 1. The van der Waals surface area contributed by atoms with Gasteiger partial charge in [0.15, 0.2) is 5.82 Å². The van der Waals surface area contributed by atoms with E-state index < -0.39 is 0 Å². The Morgan fingerprint density at radius 2 is 1.82 bits per heavy atom. The Morgan fingerprint density at radius 3 is 2.54 bits per heavy atom. The molecule has 0 fully saturated rings. The number of anilines is 1. The van der Waals surface area contributed by atoms with Gasteiger partial charge in [-0.2, -0.15) is 9.50 Å². The third-order valence-corrected chi connectivity index (χ3v) is 4.51. The number of benzene rings is 2. The molecule has 0 bridgehead atoms. The van der Waals surface area contributed by atoms with Gasteiger partial charge in [-0.05, 0) is 31.2 Å². The van der Waals surface area contributed by atoms with E-state index in [1.54, 1.807) is 35.8 Å². The van der Waals surface area contributed by atoms with E-state index in [1.165, 1.54) is 10.6 Å². The number of fused-ring (bicyclic) bond motifs is 1. The first-order valence-electron chi connectivity index (χ1n) is 8.59. The number of hydrogen-bond donors (Lipinski definition) is 1. The lowest BCUT2D eigenvalue weighted by atomic mass is 10.2. The zero-order valence-corrected chi connectivity index (χ0v) is 15.7. The predicted octanol–water partition coefficient (Wildman–Crippen LogP) is 3.16. The highest BCUT2D eigenvalue weighted by Crippen LogP contribution is 2.16. The Kier molecular flexibility index (Phi) is 4.67. The number of carbonyl (C=O) groups is 1. The van der Waals surface area contributed by atoms with Crippen LogP contribution in [0.5, 0.6) is 0 Å². The van der Waals surface area contributed by atoms with Gasteiger partial charge < -0.3 is 9.88 Å². The van der Waals surface area contributed by atoms with E-state index in [4.69, 9.17) is 11.6 Å². The predicted molar refractivity (Wildman–Crippen MR) is 108 cm³/mol. The first-order valence-corrected chi connectivity index (χ1v) is 8.97. The van der Waals surface area contributed by atoms with Gasteiger partial charge in [-0.15, -0.1) is 5.10 Å². The molecule has 0 aliphatic carbocycles. The van der Waals surface area contributed by atoms with Crippen LogP contribution in [0.4, 0.5) is 5.69 Å². The van der Waals surface area contributed by atoms with Crippen molar-refractivity contribution in [3.05, 3.63) is 81.7 Å². The van der Waals surface area contributed by atoms with Gasteiger partial charge in [0, 0.05) is 28.0 Å². The highest BCUT2D eigenvalue weighted by molar-refractivity contribution is 6.30. The summed E-state index contributed by atoms with van der Waals surface area (Å²) in [5.41, 5.74) is 1.75. The maximum absolute atomic E-state index is 12.5. The molecule has 4 aromatic rings. The monoisotopic (exact) mass is 393 g/mol. The van der Waals surface area contributed by atoms with Crippen LogP contribution in [0.25, 0.3) is 17.2 Å². The summed E-state index contributed by atoms with van der Waals surface area (Å²) in [6.45, 7) is 1.75. The van der Waals surface area contributed by atoms with E-state index >= 15 is 0 Å². The first kappa shape index (κ1) is 17.9. The number of halogens is 1. The fraction of sp³-hybridized carbons (Fsp3) is 0.100. The Hall–Kier alpha value is -3.45. The smallest absolute Gasteiger partial charge is 0.275 e. The zero-order valence-electron chi connectivity index (χ0n) is 15.0. The minimum atomic E-state index is -0.295. The van der Waals surface area contributed by atoms with Crippen LogP contribution in [0.2, 0.25) is 5.02 Å². The SMILES string of the molecule is Cc1cc(=O)n2nc(-c3ccccc3)nc2n1CC(=O)Nc1ccc(Cl)cc1. The molecule has 0 radical (unpaired) electrons. The van der Waals surface area contributed by atoms with Crippen molar-refractivity contribution in [3.8, 4) is 11.4 Å². The normalized spacial score (nSPS) is 10.9. The molecule has 7 nitrogen and oxygen atoms in total. The zero-order chi connectivity index (χ0) is 19.7. The van der Waals surface area contributed by atoms with Crippen LogP contribution >= 0.6 is 11.6 Å². The molecule has 0 atom stereocenters. The molecule has 28 heavy (non-hydrogen) atoms. The average Bonchev–Trinajstić information content (AvgIpc) is 3.14. The molecule has 2 heterocycles. The van der Waals surface area contributed by atoms with Crippen LogP contribution in [0, 0.1) is 6.92 Å². The summed E-state index contributed by atoms with van der Waals surface area (Å²) in [6, 6.07) is 17.6. The summed E-state index contributed by atoms with van der Waals surface area (Å²) >= 11 is 5.87. The standard InChI is InChI=1S/C20H16ClN5O2/c1-13-11-18(28)26-20(23-19(24-26)14-5-3-2-4-6-14)25(13)12-17(27)22-16-9-7-15(21)8-10-16/h2-11H,12H2,1H3,(H,22,27). The number of rotatable bonds is 4. The van der Waals surface area contributed by atoms with E-state index in [2.05, 4.69) is 15.4 Å². The lowest BCUT2D eigenvalue weighted by Gasteiger charge is -2.11. The maximum Gasteiger partial charge on any atom is 0.275 e. The van der Waals surface area contributed by atoms with Crippen LogP contribution in [-0.4, -0.2) is 25.1 Å². The number of aromatic nitrogens is 4. The molecule has 1 amide bonds. The van der Waals surface area contributed by atoms with E-state index in [-0.39, 0.29) is 18.0 Å². The molecule has 140 valence electrons. The molecule has 0 saturated heterocycles. The van der Waals surface area contributed by atoms with Gasteiger partial charge in [-0.3, -0.25) is 9.59 Å². The third-order valence-electron chi connectivity index (χ3n) is 4.26. The van der Waals surface area contributed by atoms with Gasteiger partial charge in [-0.1, -0.05) is 41.9 Å². The molecule has 4 rings (SSSR count). The average molecular weight is 394 g/mol. The van der Waals surface area contributed by atoms with Gasteiger partial charge in [0.05, 0.1) is 0 Å². The molecule has 0 saturated carbocycles. The molecule has 1 N–H and O–H groups in total. The third kappa shape index (κ3) is 3.52. The molecule has 0 aliphatic heterocycles. The van der Waals surface area contributed by atoms with E-state index in [1.807, 2.05) is 30.3 Å². The summed E-state index contributed by atoms with van der Waals surface area (Å²) in [5.74, 6) is 0.491. The fourth-order valence-electron chi connectivity index (χ4n) is 2.88. The molecule has 8 heteroatoms. The quantitative estimate of drug-likeness (QED) is 0.577. The number of amides is 1. The number of carbonyl (C=O) groups excluding carboxylic acids is 1. The van der Waals surface area contributed by atoms with Crippen LogP contribution < -0.4 is 10.9 Å². The van der Waals surface area contributed by atoms with Crippen molar-refractivity contribution < 1.29 is 4.79 Å². The number of hydrogen-bond acceptors (Lipinski definition) is 4. The molecule has 0 spiro atoms. The number of nitrogens with zero attached hydrogens (tertiary/aromatic N) is 4. The van der Waals surface area contributed by atoms with Gasteiger partial charge in [0.2, 0.25) is 11.7 Å². The summed E-state index contributed by atoms with van der Waals surface area (Å²) in [6.07, 6.45) is 0. The summed E-state index contributed by atoms with van der Waals surface area (Å²) < 4.78 is 2.87. The van der Waals surface area contributed by atoms with Crippen LogP contribution in [0.15, 0.2) is 65.5 Å². The Balaban J connectivity index is 1.70. The molecular weight excluding hydrogens is 378 g/mol. The van der Waals surface area contributed by atoms with Crippen LogP contribution in [0.1, 0.15) is 5.69 Å². The molecule has 0 aliphatic rings. The second-order valence-corrected chi connectivity index (χ2v) is 6.71. The topological polar surface area (TPSA) is 81.3 Å². The first-order chi connectivity index (χ1) is 13.5. The largest absolute Gasteiger partial charge is 0.325 e. The fourth-order valence-corrected chi connectivity index (χ4v) is 3.01. The van der Waals surface area contributed by atoms with Gasteiger partial charge in [-0.25, -0.2) is 0 Å². The van der Waals surface area contributed by atoms with Crippen molar-refractivity contribution in [2.45, 2.75) is 13.5 Å². The lowest BCUT2D eigenvalue weighted by molar-refractivity contribution is -0.116. The highest BCUT2D eigenvalue weighted by atomic mass is 35.5. The lowest BCUT2D eigenvalue weighted by Crippen LogP contribution is -2.25. The van der Waals surface area contributed by atoms with Crippen molar-refractivity contribution in [2.75, 3.05) is 5.32 Å². The summed E-state index contributed by atoms with van der Waals surface area (Å²) in [5, 5.41) is 7.71. The van der Waals surface area contributed by atoms with Crippen molar-refractivity contribution in [1.29, 1.82) is 0 Å². The minimum absolute atomic E-state index is 0.00877. The van der Waals surface area contributed by atoms with Gasteiger partial charge in [0.1, 0.15) is 6.54 Å². The van der Waals surface area contributed by atoms with Crippen molar-refractivity contribution >= 4 is 29.0 Å². The summed E-state index contributed by atoms with van der Waals surface area (Å²) in [4.78, 5) is 29.4. The van der Waals surface area contributed by atoms with Crippen molar-refractivity contribution in [2.24, 2.45) is 0 Å². The Labute approximate surface area is 165 Å². The van der Waals surface area contributed by atoms with Crippen LogP contribution in [-0.2, 0) is 11.3 Å². The second kappa shape index (κ2) is 7.28. The second-order valence-electron chi connectivity index (χ2n) is 6.28. The van der Waals surface area contributed by atoms with Crippen molar-refractivity contribution in [1.82, 2.24) is 19.2 Å². The molecular formula is C20H16ClN5O2. The Bertz CT molecular complexity index is 1210. The van der Waals surface area contributed by atoms with E-state index in [0.717, 1.165) is 5.56 Å². The Morgan fingerprint density at radius 1 is 1.11 bits per heavy atom. The highest BCUT2D eigenvalue weighted by Gasteiger charge is 2.15. The molecule has 2 aromatic heterocycles. The van der Waals surface area contributed by atoms with E-state index in [0.29, 0.717) is 28.0 Å². The van der Waals surface area contributed by atoms with E-state index in [9.17, 15) is 9.59 Å². The van der Waals surface area contributed by atoms with Gasteiger partial charge in [0.25, 0.3) is 5.56 Å². The molecule has 0 unspecified atom stereocenters. The molecule has 2 aromatic carbocycles. The minimum Gasteiger partial charge on any atom is -0.325 e. The maximum atomic E-state index is 12.5. The number of nitrogens with one attached hydrogen (secondary N) is 1. The van der Waals surface area contributed by atoms with Crippen molar-refractivity contribution in [3.63, 3.8) is 0 Å². The van der Waals surface area contributed by atoms with Gasteiger partial charge >= 0.3 is 0 Å². The summed E-state index contributed by atoms with van der Waals surface area (Å²) in [7, 11) is 0.